The summed E-state index contributed by atoms with van der Waals surface area (Å²) in [7, 11) is 0. The normalized spacial score (nSPS) is 10.9. The van der Waals surface area contributed by atoms with Crippen molar-refractivity contribution in [2.24, 2.45) is 0 Å². The van der Waals surface area contributed by atoms with E-state index in [1.54, 1.807) is 36.4 Å². The van der Waals surface area contributed by atoms with Crippen molar-refractivity contribution in [3.8, 4) is 11.5 Å². The lowest BCUT2D eigenvalue weighted by Crippen LogP contribution is -2.03. The third kappa shape index (κ3) is 2.40. The van der Waals surface area contributed by atoms with Crippen molar-refractivity contribution in [1.82, 2.24) is 4.98 Å². The number of aromatic nitrogens is 1. The molecule has 0 atom stereocenters. The van der Waals surface area contributed by atoms with Gasteiger partial charge in [0.05, 0.1) is 21.5 Å². The fourth-order valence-electron chi connectivity index (χ4n) is 1.82. The fourth-order valence-corrected chi connectivity index (χ4v) is 2.48. The van der Waals surface area contributed by atoms with Crippen molar-refractivity contribution >= 4 is 45.7 Å². The highest BCUT2D eigenvalue weighted by Crippen LogP contribution is 2.29. The number of hydrogen-bond acceptors (Lipinski definition) is 3. The van der Waals surface area contributed by atoms with Gasteiger partial charge in [-0.2, -0.15) is 0 Å². The topological polar surface area (TPSA) is 43.1 Å². The van der Waals surface area contributed by atoms with Crippen molar-refractivity contribution in [1.29, 1.82) is 0 Å². The summed E-state index contributed by atoms with van der Waals surface area (Å²) in [5.74, 6) is 0.131. The Kier molecular flexibility index (Phi) is 3.42. The van der Waals surface area contributed by atoms with E-state index in [9.17, 15) is 4.79 Å². The van der Waals surface area contributed by atoms with Gasteiger partial charge in [-0.25, -0.2) is 9.78 Å². The van der Waals surface area contributed by atoms with Crippen LogP contribution in [0.3, 0.4) is 0 Å². The molecular formula is C14H6Cl3NO2. The molecular weight excluding hydrogens is 321 g/mol. The maximum absolute atomic E-state index is 11.9. The molecule has 3 rings (SSSR count). The molecule has 2 aromatic carbocycles. The molecule has 0 radical (unpaired) electrons. The van der Waals surface area contributed by atoms with Gasteiger partial charge in [-0.1, -0.05) is 34.8 Å². The van der Waals surface area contributed by atoms with E-state index in [2.05, 4.69) is 4.98 Å². The monoisotopic (exact) mass is 325 g/mol. The van der Waals surface area contributed by atoms with Crippen LogP contribution >= 0.6 is 34.8 Å². The second kappa shape index (κ2) is 5.09. The fraction of sp³-hybridized carbons (Fsp3) is 0. The highest BCUT2D eigenvalue weighted by Gasteiger charge is 2.12. The predicted molar refractivity (Wildman–Crippen MR) is 80.7 cm³/mol. The van der Waals surface area contributed by atoms with Crippen LogP contribution in [0.15, 0.2) is 45.6 Å². The van der Waals surface area contributed by atoms with Crippen LogP contribution in [-0.2, 0) is 0 Å². The molecule has 0 saturated carbocycles. The zero-order valence-corrected chi connectivity index (χ0v) is 12.1. The summed E-state index contributed by atoms with van der Waals surface area (Å²) in [6.45, 7) is 0. The average molecular weight is 327 g/mol. The molecule has 6 heteroatoms. The van der Waals surface area contributed by atoms with Crippen LogP contribution in [0.5, 0.6) is 0 Å². The van der Waals surface area contributed by atoms with Crippen molar-refractivity contribution in [2.45, 2.75) is 0 Å². The van der Waals surface area contributed by atoms with E-state index >= 15 is 0 Å². The Morgan fingerprint density at radius 1 is 0.950 bits per heavy atom. The number of hydrogen-bond donors (Lipinski definition) is 0. The summed E-state index contributed by atoms with van der Waals surface area (Å²) in [5.41, 5.74) is 0.456. The number of fused-ring (bicyclic) bond motifs is 1. The van der Waals surface area contributed by atoms with Gasteiger partial charge in [-0.3, -0.25) is 0 Å². The minimum absolute atomic E-state index is 0.131. The molecule has 1 aromatic heterocycles. The second-order valence-electron chi connectivity index (χ2n) is 4.09. The van der Waals surface area contributed by atoms with Crippen molar-refractivity contribution < 1.29 is 4.42 Å². The first-order valence-electron chi connectivity index (χ1n) is 5.60. The Labute approximate surface area is 128 Å². The van der Waals surface area contributed by atoms with Crippen LogP contribution in [0.4, 0.5) is 0 Å². The van der Waals surface area contributed by atoms with Gasteiger partial charge >= 0.3 is 5.63 Å². The summed E-state index contributed by atoms with van der Waals surface area (Å²) >= 11 is 17.8. The molecule has 0 amide bonds. The molecule has 20 heavy (non-hydrogen) atoms. The van der Waals surface area contributed by atoms with Gasteiger partial charge in [0.2, 0.25) is 5.89 Å². The van der Waals surface area contributed by atoms with Gasteiger partial charge in [-0.05, 0) is 36.4 Å². The minimum atomic E-state index is -0.493. The molecule has 1 heterocycles. The summed E-state index contributed by atoms with van der Waals surface area (Å²) in [6, 6.07) is 9.63. The predicted octanol–water partition coefficient (Wildman–Crippen LogP) is 4.82. The quantitative estimate of drug-likeness (QED) is 0.644. The van der Waals surface area contributed by atoms with Crippen molar-refractivity contribution in [3.63, 3.8) is 0 Å². The molecule has 0 bridgehead atoms. The van der Waals surface area contributed by atoms with E-state index in [1.807, 2.05) is 0 Å². The number of nitrogens with zero attached hydrogens (tertiary/aromatic N) is 1. The minimum Gasteiger partial charge on any atom is -0.403 e. The maximum atomic E-state index is 11.9. The lowest BCUT2D eigenvalue weighted by Gasteiger charge is -2.04. The van der Waals surface area contributed by atoms with E-state index in [0.717, 1.165) is 0 Å². The second-order valence-corrected chi connectivity index (χ2v) is 5.37. The van der Waals surface area contributed by atoms with Crippen LogP contribution in [0, 0.1) is 0 Å². The van der Waals surface area contributed by atoms with Gasteiger partial charge in [0, 0.05) is 10.0 Å². The zero-order valence-electron chi connectivity index (χ0n) is 9.86. The van der Waals surface area contributed by atoms with Crippen LogP contribution in [-0.4, -0.2) is 4.98 Å². The standard InChI is InChI=1S/C14H6Cl3NO2/c15-7-1-3-9(11(17)5-7)13-18-12-6-8(16)2-4-10(12)14(19)20-13/h1-6H. The molecule has 0 aliphatic rings. The van der Waals surface area contributed by atoms with Crippen LogP contribution in [0.1, 0.15) is 0 Å². The molecule has 3 nitrogen and oxygen atoms in total. The summed E-state index contributed by atoms with van der Waals surface area (Å²) in [6.07, 6.45) is 0. The Bertz CT molecular complexity index is 874. The van der Waals surface area contributed by atoms with Gasteiger partial charge in [0.15, 0.2) is 0 Å². The third-order valence-electron chi connectivity index (χ3n) is 2.75. The van der Waals surface area contributed by atoms with E-state index in [4.69, 9.17) is 39.2 Å². The number of halogens is 3. The molecule has 0 fully saturated rings. The lowest BCUT2D eigenvalue weighted by atomic mass is 10.2. The van der Waals surface area contributed by atoms with E-state index in [1.165, 1.54) is 0 Å². The SMILES string of the molecule is O=c1oc(-c2ccc(Cl)cc2Cl)nc2cc(Cl)ccc12. The highest BCUT2D eigenvalue weighted by molar-refractivity contribution is 6.36. The maximum Gasteiger partial charge on any atom is 0.347 e. The van der Waals surface area contributed by atoms with Gasteiger partial charge in [-0.15, -0.1) is 0 Å². The highest BCUT2D eigenvalue weighted by atomic mass is 35.5. The Balaban J connectivity index is 2.29. The van der Waals surface area contributed by atoms with Crippen LogP contribution < -0.4 is 5.63 Å². The smallest absolute Gasteiger partial charge is 0.347 e. The largest absolute Gasteiger partial charge is 0.403 e. The zero-order chi connectivity index (χ0) is 14.3. The summed E-state index contributed by atoms with van der Waals surface area (Å²) < 4.78 is 5.20. The molecule has 0 aliphatic carbocycles. The van der Waals surface area contributed by atoms with E-state index in [0.29, 0.717) is 31.5 Å². The molecule has 0 unspecified atom stereocenters. The van der Waals surface area contributed by atoms with E-state index in [-0.39, 0.29) is 5.89 Å². The summed E-state index contributed by atoms with van der Waals surface area (Å²) in [4.78, 5) is 16.2. The molecule has 0 saturated heterocycles. The number of rotatable bonds is 1. The molecule has 0 aliphatic heterocycles. The average Bonchev–Trinajstić information content (AvgIpc) is 2.37. The van der Waals surface area contributed by atoms with Crippen molar-refractivity contribution in [2.75, 3.05) is 0 Å². The van der Waals surface area contributed by atoms with Gasteiger partial charge < -0.3 is 4.42 Å². The van der Waals surface area contributed by atoms with Gasteiger partial charge in [0.1, 0.15) is 0 Å². The first-order chi connectivity index (χ1) is 9.54. The summed E-state index contributed by atoms with van der Waals surface area (Å²) in [5, 5.41) is 1.70. The number of benzene rings is 2. The first-order valence-corrected chi connectivity index (χ1v) is 6.74. The van der Waals surface area contributed by atoms with Gasteiger partial charge in [0.25, 0.3) is 0 Å². The molecule has 0 N–H and O–H groups in total. The van der Waals surface area contributed by atoms with E-state index < -0.39 is 5.63 Å². The van der Waals surface area contributed by atoms with Crippen LogP contribution in [0.2, 0.25) is 15.1 Å². The third-order valence-corrected chi connectivity index (χ3v) is 3.54. The van der Waals surface area contributed by atoms with Crippen molar-refractivity contribution in [3.05, 3.63) is 61.9 Å². The molecule has 0 spiro atoms. The Morgan fingerprint density at radius 2 is 1.65 bits per heavy atom. The molecule has 100 valence electrons. The molecule has 3 aromatic rings. The first kappa shape index (κ1) is 13.4. The Morgan fingerprint density at radius 3 is 2.40 bits per heavy atom. The Hall–Kier alpha value is -1.55. The lowest BCUT2D eigenvalue weighted by molar-refractivity contribution is 0.518. The van der Waals surface area contributed by atoms with Crippen LogP contribution in [0.25, 0.3) is 22.4 Å².